The maximum absolute atomic E-state index is 14.6. The lowest BCUT2D eigenvalue weighted by atomic mass is 9.17. The molecule has 51 heavy (non-hydrogen) atoms. The van der Waals surface area contributed by atoms with Gasteiger partial charge >= 0.3 is 24.4 Å². The summed E-state index contributed by atoms with van der Waals surface area (Å²) < 4.78 is 145. The quantitative estimate of drug-likeness (QED) is 0.0395. The Hall–Kier alpha value is -1.53. The number of halogens is 11. The van der Waals surface area contributed by atoms with Crippen LogP contribution in [0.5, 0.6) is 0 Å². The van der Waals surface area contributed by atoms with Crippen LogP contribution in [0.1, 0.15) is 150 Å². The molecule has 2 atom stereocenters. The Morgan fingerprint density at radius 1 is 0.529 bits per heavy atom. The number of nitrogens with one attached hydrogen (secondary N) is 1. The highest BCUT2D eigenvalue weighted by atomic mass is 19.4. The Balaban J connectivity index is 0.00000105. The Morgan fingerprint density at radius 3 is 1.31 bits per heavy atom. The van der Waals surface area contributed by atoms with Gasteiger partial charge in [0.1, 0.15) is 5.69 Å². The van der Waals surface area contributed by atoms with Gasteiger partial charge in [-0.15, -0.1) is 17.6 Å². The molecule has 0 bridgehead atoms. The van der Waals surface area contributed by atoms with E-state index >= 15 is 0 Å². The lowest BCUT2D eigenvalue weighted by molar-refractivity contribution is -1.02. The van der Waals surface area contributed by atoms with Gasteiger partial charge in [-0.05, 0) is 25.0 Å². The summed E-state index contributed by atoms with van der Waals surface area (Å²) in [5.74, 6) is 0. The van der Waals surface area contributed by atoms with E-state index in [0.717, 1.165) is 24.3 Å². The summed E-state index contributed by atoms with van der Waals surface area (Å²) in [6.07, 6.45) is 4.80. The molecule has 0 heterocycles. The maximum Gasteiger partial charge on any atom is 0.429 e. The SMILES string of the molecule is CCCCC[B-](CCCCC)(CCCCC)CCCCC.FC(CCCCCCC(F)(F)F)C(F)(F)[NH+](c1ccccc1)C(F)(F)CC(F)(F)F. The van der Waals surface area contributed by atoms with E-state index in [0.29, 0.717) is 0 Å². The van der Waals surface area contributed by atoms with Crippen LogP contribution in [-0.4, -0.2) is 36.8 Å². The predicted octanol–water partition coefficient (Wildman–Crippen LogP) is 14.8. The fraction of sp³-hybridized carbons (Fsp3) is 0.842. The molecule has 0 fully saturated rings. The van der Waals surface area contributed by atoms with Gasteiger partial charge in [0.15, 0.2) is 6.42 Å². The predicted molar refractivity (Wildman–Crippen MR) is 189 cm³/mol. The molecule has 0 aromatic heterocycles. The van der Waals surface area contributed by atoms with Crippen LogP contribution in [-0.2, 0) is 0 Å². The van der Waals surface area contributed by atoms with E-state index in [4.69, 9.17) is 0 Å². The van der Waals surface area contributed by atoms with Crippen molar-refractivity contribution in [3.8, 4) is 0 Å². The molecule has 0 saturated carbocycles. The molecule has 0 saturated heterocycles. The first-order valence-electron chi connectivity index (χ1n) is 19.5. The summed E-state index contributed by atoms with van der Waals surface area (Å²) in [5, 5.41) is 0. The normalized spacial score (nSPS) is 14.3. The van der Waals surface area contributed by atoms with Gasteiger partial charge in [0.2, 0.25) is 6.17 Å². The molecular weight excluding hydrogens is 690 g/mol. The number of benzene rings is 1. The average Bonchev–Trinajstić information content (AvgIpc) is 3.02. The smallest absolute Gasteiger partial charge is 0.233 e. The van der Waals surface area contributed by atoms with E-state index in [1.807, 2.05) is 0 Å². The van der Waals surface area contributed by atoms with Crippen LogP contribution >= 0.6 is 0 Å². The zero-order valence-corrected chi connectivity index (χ0v) is 31.5. The molecule has 0 spiro atoms. The average molecular weight is 756 g/mol. The van der Waals surface area contributed by atoms with Crippen molar-refractivity contribution in [2.45, 2.75) is 206 Å². The van der Waals surface area contributed by atoms with E-state index in [2.05, 4.69) is 27.7 Å². The van der Waals surface area contributed by atoms with E-state index in [9.17, 15) is 48.3 Å². The van der Waals surface area contributed by atoms with Gasteiger partial charge < -0.3 is 0 Å². The van der Waals surface area contributed by atoms with E-state index in [1.165, 1.54) is 83.1 Å². The Bertz CT molecular complexity index is 925. The van der Waals surface area contributed by atoms with Crippen molar-refractivity contribution < 1.29 is 53.2 Å². The Morgan fingerprint density at radius 2 is 0.941 bits per heavy atom. The lowest BCUT2D eigenvalue weighted by Gasteiger charge is -2.40. The minimum Gasteiger partial charge on any atom is -0.233 e. The third-order valence-electron chi connectivity index (χ3n) is 9.93. The highest BCUT2D eigenvalue weighted by Crippen LogP contribution is 2.35. The summed E-state index contributed by atoms with van der Waals surface area (Å²) in [6, 6.07) is -5.17. The zero-order chi connectivity index (χ0) is 39.0. The van der Waals surface area contributed by atoms with Crippen LogP contribution in [0.25, 0.3) is 0 Å². The molecule has 1 nitrogen and oxygen atoms in total. The van der Waals surface area contributed by atoms with Crippen LogP contribution < -0.4 is 4.90 Å². The number of hydrogen-bond donors (Lipinski definition) is 1. The van der Waals surface area contributed by atoms with Gasteiger partial charge in [-0.25, -0.2) is 4.39 Å². The van der Waals surface area contributed by atoms with E-state index in [1.54, 1.807) is 25.3 Å². The van der Waals surface area contributed by atoms with Crippen molar-refractivity contribution in [1.29, 1.82) is 0 Å². The second-order valence-electron chi connectivity index (χ2n) is 14.6. The highest BCUT2D eigenvalue weighted by Gasteiger charge is 2.64. The fourth-order valence-corrected chi connectivity index (χ4v) is 7.11. The molecule has 2 unspecified atom stereocenters. The van der Waals surface area contributed by atoms with Gasteiger partial charge in [-0.2, -0.15) is 56.5 Å². The molecule has 0 radical (unpaired) electrons. The number of rotatable bonds is 27. The molecule has 1 rings (SSSR count). The number of unbranched alkanes of at least 4 members (excludes halogenated alkanes) is 11. The van der Waals surface area contributed by atoms with Gasteiger partial charge in [0.25, 0.3) is 0 Å². The minimum absolute atomic E-state index is 0.0383. The summed E-state index contributed by atoms with van der Waals surface area (Å²) in [4.78, 5) is -2.27. The minimum atomic E-state index is -5.48. The summed E-state index contributed by atoms with van der Waals surface area (Å²) in [7, 11) is 0. The third-order valence-corrected chi connectivity index (χ3v) is 9.93. The van der Waals surface area contributed by atoms with Crippen LogP contribution in [0.3, 0.4) is 0 Å². The molecule has 1 aromatic rings. The second kappa shape index (κ2) is 25.5. The molecular formula is C38H65BF11N. The van der Waals surface area contributed by atoms with Crippen molar-refractivity contribution in [3.63, 3.8) is 0 Å². The highest BCUT2D eigenvalue weighted by molar-refractivity contribution is 6.79. The third kappa shape index (κ3) is 22.3. The van der Waals surface area contributed by atoms with Crippen LogP contribution in [0.2, 0.25) is 25.3 Å². The molecule has 302 valence electrons. The summed E-state index contributed by atoms with van der Waals surface area (Å²) in [5.41, 5.74) is -0.926. The van der Waals surface area contributed by atoms with Crippen LogP contribution in [0, 0.1) is 0 Å². The van der Waals surface area contributed by atoms with Crippen molar-refractivity contribution >= 4 is 11.8 Å². The first-order chi connectivity index (χ1) is 23.8. The molecule has 13 heteroatoms. The summed E-state index contributed by atoms with van der Waals surface area (Å²) >= 11 is 0. The van der Waals surface area contributed by atoms with E-state index < -0.39 is 60.5 Å². The molecule has 0 amide bonds. The number of para-hydroxylation sites is 1. The molecule has 1 aromatic carbocycles. The van der Waals surface area contributed by atoms with E-state index in [-0.39, 0.29) is 31.8 Å². The van der Waals surface area contributed by atoms with Crippen LogP contribution in [0.4, 0.5) is 54.0 Å². The van der Waals surface area contributed by atoms with Gasteiger partial charge in [0.05, 0.1) is 0 Å². The first kappa shape index (κ1) is 49.5. The van der Waals surface area contributed by atoms with Crippen molar-refractivity contribution in [1.82, 2.24) is 0 Å². The molecule has 0 aliphatic carbocycles. The Labute approximate surface area is 300 Å². The lowest BCUT2D eigenvalue weighted by Crippen LogP contribution is -3.22. The number of quaternary nitrogens is 1. The zero-order valence-electron chi connectivity index (χ0n) is 31.5. The monoisotopic (exact) mass is 756 g/mol. The summed E-state index contributed by atoms with van der Waals surface area (Å²) in [6.45, 7) is 9.39. The first-order valence-corrected chi connectivity index (χ1v) is 19.5. The van der Waals surface area contributed by atoms with Crippen molar-refractivity contribution in [3.05, 3.63) is 30.3 Å². The van der Waals surface area contributed by atoms with Crippen molar-refractivity contribution in [2.24, 2.45) is 0 Å². The fourth-order valence-electron chi connectivity index (χ4n) is 7.11. The van der Waals surface area contributed by atoms with Gasteiger partial charge in [-0.3, -0.25) is 0 Å². The van der Waals surface area contributed by atoms with Gasteiger partial charge in [-0.1, -0.05) is 142 Å². The van der Waals surface area contributed by atoms with Crippen molar-refractivity contribution in [2.75, 3.05) is 0 Å². The molecule has 0 aliphatic rings. The molecule has 1 N–H and O–H groups in total. The largest absolute Gasteiger partial charge is 0.429 e. The van der Waals surface area contributed by atoms with Gasteiger partial charge in [0, 0.05) is 12.6 Å². The maximum atomic E-state index is 14.6. The second-order valence-corrected chi connectivity index (χ2v) is 14.6. The Kier molecular flexibility index (Phi) is 24.7. The number of alkyl halides is 11. The topological polar surface area (TPSA) is 4.44 Å². The van der Waals surface area contributed by atoms with Crippen LogP contribution in [0.15, 0.2) is 30.3 Å². The standard InChI is InChI=1S/C20H44B.C18H20F11N/c1-5-9-13-17-21(18-14-10-6-2,19-15-11-7-3)20-16-12-8-4;19-14(10-6-1-2-7-11-15(20,21)22)18(28,29)30(13-8-4-3-5-9-13)17(26,27)12-16(23,24)25/h5-20H2,1-4H3;3-5,8-9,14H,1-2,6-7,10-12H2/q-1;/p+1. The molecule has 0 aliphatic heterocycles. The number of hydrogen-bond acceptors (Lipinski definition) is 0.